The van der Waals surface area contributed by atoms with Crippen molar-refractivity contribution in [3.05, 3.63) is 41.3 Å². The maximum atomic E-state index is 13.0. The molecule has 27 heavy (non-hydrogen) atoms. The highest BCUT2D eigenvalue weighted by Crippen LogP contribution is 2.18. The molecule has 0 radical (unpaired) electrons. The van der Waals surface area contributed by atoms with Crippen molar-refractivity contribution in [1.82, 2.24) is 19.4 Å². The number of hydrogen-bond acceptors (Lipinski definition) is 6. The Balaban J connectivity index is 1.57. The van der Waals surface area contributed by atoms with Crippen LogP contribution in [-0.4, -0.2) is 64.2 Å². The molecule has 142 valence electrons. The van der Waals surface area contributed by atoms with E-state index in [0.717, 1.165) is 12.8 Å². The van der Waals surface area contributed by atoms with Gasteiger partial charge in [-0.1, -0.05) is 6.08 Å². The van der Waals surface area contributed by atoms with Crippen molar-refractivity contribution >= 4 is 22.9 Å². The van der Waals surface area contributed by atoms with Crippen molar-refractivity contribution in [2.24, 2.45) is 0 Å². The van der Waals surface area contributed by atoms with Gasteiger partial charge in [-0.3, -0.25) is 14.2 Å². The highest BCUT2D eigenvalue weighted by molar-refractivity contribution is 5.81. The molecule has 8 nitrogen and oxygen atoms in total. The van der Waals surface area contributed by atoms with Crippen LogP contribution >= 0.6 is 0 Å². The van der Waals surface area contributed by atoms with Gasteiger partial charge < -0.3 is 14.5 Å². The number of piperazine rings is 1. The number of rotatable bonds is 4. The summed E-state index contributed by atoms with van der Waals surface area (Å²) < 4.78 is 7.09. The topological polar surface area (TPSA) is 80.6 Å². The van der Waals surface area contributed by atoms with Crippen molar-refractivity contribution in [2.45, 2.75) is 25.5 Å². The van der Waals surface area contributed by atoms with Crippen LogP contribution in [0.25, 0.3) is 11.2 Å². The lowest BCUT2D eigenvalue weighted by molar-refractivity contribution is -0.141. The minimum absolute atomic E-state index is 0.0619. The van der Waals surface area contributed by atoms with Gasteiger partial charge in [0.15, 0.2) is 11.5 Å². The van der Waals surface area contributed by atoms with Gasteiger partial charge in [0, 0.05) is 45.5 Å². The van der Waals surface area contributed by atoms with Crippen LogP contribution in [0.3, 0.4) is 0 Å². The van der Waals surface area contributed by atoms with E-state index in [2.05, 4.69) is 16.5 Å². The molecule has 0 N–H and O–H groups in total. The average Bonchev–Trinajstić information content (AvgIpc) is 3.24. The highest BCUT2D eigenvalue weighted by Gasteiger charge is 2.31. The Hall–Kier alpha value is -2.74. The van der Waals surface area contributed by atoms with E-state index in [1.807, 2.05) is 15.9 Å². The van der Waals surface area contributed by atoms with Crippen molar-refractivity contribution in [2.75, 3.05) is 37.7 Å². The number of amides is 1. The Labute approximate surface area is 157 Å². The molecular formula is C19H23N5O3. The molecule has 0 aromatic carbocycles. The van der Waals surface area contributed by atoms with Crippen molar-refractivity contribution in [1.29, 1.82) is 0 Å². The number of anilines is 1. The molecule has 1 atom stereocenters. The Morgan fingerprint density at radius 3 is 2.85 bits per heavy atom. The number of ether oxygens (including phenoxy) is 1. The number of allylic oxidation sites excluding steroid dienone is 1. The van der Waals surface area contributed by atoms with E-state index in [1.54, 1.807) is 22.9 Å². The summed E-state index contributed by atoms with van der Waals surface area (Å²) in [7, 11) is 0. The van der Waals surface area contributed by atoms with Gasteiger partial charge in [-0.15, -0.1) is 6.58 Å². The maximum absolute atomic E-state index is 13.0. The van der Waals surface area contributed by atoms with Crippen molar-refractivity contribution < 1.29 is 9.53 Å². The molecule has 0 aliphatic carbocycles. The Morgan fingerprint density at radius 1 is 1.33 bits per heavy atom. The van der Waals surface area contributed by atoms with Crippen LogP contribution in [0.2, 0.25) is 0 Å². The Kier molecular flexibility index (Phi) is 4.89. The van der Waals surface area contributed by atoms with Crippen LogP contribution in [0.5, 0.6) is 0 Å². The molecule has 8 heteroatoms. The largest absolute Gasteiger partial charge is 0.368 e. The van der Waals surface area contributed by atoms with Crippen molar-refractivity contribution in [3.8, 4) is 0 Å². The smallest absolute Gasteiger partial charge is 0.295 e. The fourth-order valence-corrected chi connectivity index (χ4v) is 3.68. The Bertz CT molecular complexity index is 911. The van der Waals surface area contributed by atoms with Gasteiger partial charge in [-0.25, -0.2) is 9.97 Å². The second kappa shape index (κ2) is 7.48. The standard InChI is InChI=1S/C19H23N5O3/c1-2-8-24-16-14(5-3-7-20-16)21-17(19(24)26)22-9-11-23(12-10-22)18(25)15-6-4-13-27-15/h2-3,5,7,15H,1,4,6,8-13H2/t15-/m0/s1. The minimum Gasteiger partial charge on any atom is -0.368 e. The fourth-order valence-electron chi connectivity index (χ4n) is 3.68. The van der Waals surface area contributed by atoms with Gasteiger partial charge in [-0.2, -0.15) is 0 Å². The summed E-state index contributed by atoms with van der Waals surface area (Å²) >= 11 is 0. The summed E-state index contributed by atoms with van der Waals surface area (Å²) in [5.74, 6) is 0.466. The quantitative estimate of drug-likeness (QED) is 0.742. The first-order chi connectivity index (χ1) is 13.2. The van der Waals surface area contributed by atoms with Crippen LogP contribution in [0, 0.1) is 0 Å². The number of nitrogens with zero attached hydrogens (tertiary/aromatic N) is 5. The average molecular weight is 369 g/mol. The Morgan fingerprint density at radius 2 is 2.15 bits per heavy atom. The lowest BCUT2D eigenvalue weighted by Crippen LogP contribution is -2.52. The first-order valence-corrected chi connectivity index (χ1v) is 9.31. The molecule has 2 aromatic rings. The van der Waals surface area contributed by atoms with Crippen LogP contribution < -0.4 is 10.5 Å². The molecule has 2 saturated heterocycles. The molecule has 4 heterocycles. The van der Waals surface area contributed by atoms with Gasteiger partial charge in [0.1, 0.15) is 11.6 Å². The number of carbonyl (C=O) groups is 1. The first kappa shape index (κ1) is 17.7. The molecule has 0 saturated carbocycles. The molecule has 0 unspecified atom stereocenters. The van der Waals surface area contributed by atoms with Gasteiger partial charge in [0.25, 0.3) is 11.5 Å². The number of hydrogen-bond donors (Lipinski definition) is 0. The summed E-state index contributed by atoms with van der Waals surface area (Å²) in [6, 6.07) is 3.65. The maximum Gasteiger partial charge on any atom is 0.295 e. The summed E-state index contributed by atoms with van der Waals surface area (Å²) in [6.45, 7) is 7.03. The molecule has 2 fully saturated rings. The van der Waals surface area contributed by atoms with E-state index in [-0.39, 0.29) is 17.6 Å². The number of aromatic nitrogens is 3. The van der Waals surface area contributed by atoms with E-state index in [9.17, 15) is 9.59 Å². The zero-order valence-corrected chi connectivity index (χ0v) is 15.2. The molecule has 0 bridgehead atoms. The van der Waals surface area contributed by atoms with E-state index < -0.39 is 0 Å². The fraction of sp³-hybridized carbons (Fsp3) is 0.474. The second-order valence-corrected chi connectivity index (χ2v) is 6.80. The summed E-state index contributed by atoms with van der Waals surface area (Å²) in [4.78, 5) is 38.1. The molecule has 4 rings (SSSR count). The van der Waals surface area contributed by atoms with Gasteiger partial charge in [0.2, 0.25) is 0 Å². The highest BCUT2D eigenvalue weighted by atomic mass is 16.5. The third-order valence-corrected chi connectivity index (χ3v) is 5.09. The van der Waals surface area contributed by atoms with E-state index in [4.69, 9.17) is 4.74 Å². The third kappa shape index (κ3) is 3.32. The molecule has 2 aliphatic heterocycles. The summed E-state index contributed by atoms with van der Waals surface area (Å²) in [6.07, 6.45) is 4.76. The third-order valence-electron chi connectivity index (χ3n) is 5.09. The van der Waals surface area contributed by atoms with E-state index in [1.165, 1.54) is 0 Å². The SMILES string of the molecule is C=CCn1c(=O)c(N2CCN(C(=O)[C@@H]3CCCO3)CC2)nc2cccnc21. The van der Waals surface area contributed by atoms with E-state index in [0.29, 0.717) is 56.3 Å². The lowest BCUT2D eigenvalue weighted by Gasteiger charge is -2.36. The minimum atomic E-state index is -0.300. The van der Waals surface area contributed by atoms with E-state index >= 15 is 0 Å². The number of fused-ring (bicyclic) bond motifs is 1. The molecular weight excluding hydrogens is 346 g/mol. The zero-order valence-electron chi connectivity index (χ0n) is 15.2. The predicted octanol–water partition coefficient (Wildman–Crippen LogP) is 0.805. The molecule has 2 aromatic heterocycles. The normalized spacial score (nSPS) is 20.2. The molecule has 0 spiro atoms. The first-order valence-electron chi connectivity index (χ1n) is 9.31. The van der Waals surface area contributed by atoms with Crippen molar-refractivity contribution in [3.63, 3.8) is 0 Å². The van der Waals surface area contributed by atoms with Crippen LogP contribution in [0.4, 0.5) is 5.82 Å². The molecule has 1 amide bonds. The monoisotopic (exact) mass is 369 g/mol. The van der Waals surface area contributed by atoms with Gasteiger partial charge in [0.05, 0.1) is 0 Å². The van der Waals surface area contributed by atoms with Crippen LogP contribution in [-0.2, 0) is 16.1 Å². The van der Waals surface area contributed by atoms with Crippen LogP contribution in [0.15, 0.2) is 35.8 Å². The summed E-state index contributed by atoms with van der Waals surface area (Å²) in [5, 5.41) is 0. The second-order valence-electron chi connectivity index (χ2n) is 6.80. The zero-order chi connectivity index (χ0) is 18.8. The van der Waals surface area contributed by atoms with Gasteiger partial charge >= 0.3 is 0 Å². The summed E-state index contributed by atoms with van der Waals surface area (Å²) in [5.41, 5.74) is 1.05. The number of pyridine rings is 1. The predicted molar refractivity (Wildman–Crippen MR) is 102 cm³/mol. The lowest BCUT2D eigenvalue weighted by atomic mass is 10.2. The van der Waals surface area contributed by atoms with Crippen LogP contribution in [0.1, 0.15) is 12.8 Å². The van der Waals surface area contributed by atoms with Gasteiger partial charge in [-0.05, 0) is 25.0 Å². The molecule has 2 aliphatic rings. The number of carbonyl (C=O) groups excluding carboxylic acids is 1.